The van der Waals surface area contributed by atoms with Crippen molar-refractivity contribution in [2.24, 2.45) is 0 Å². The third kappa shape index (κ3) is 2.17. The molecule has 2 aromatic rings. The van der Waals surface area contributed by atoms with E-state index in [1.165, 1.54) is 0 Å². The number of hydrogen-bond donors (Lipinski definition) is 3. The summed E-state index contributed by atoms with van der Waals surface area (Å²) in [4.78, 5) is 12.0. The van der Waals surface area contributed by atoms with Gasteiger partial charge < -0.3 is 15.7 Å². The molecule has 1 heterocycles. The van der Waals surface area contributed by atoms with Crippen LogP contribution in [0.5, 0.6) is 5.75 Å². The van der Waals surface area contributed by atoms with Crippen LogP contribution in [0.25, 0.3) is 0 Å². The van der Waals surface area contributed by atoms with E-state index < -0.39 is 6.17 Å². The van der Waals surface area contributed by atoms with Crippen molar-refractivity contribution in [3.05, 3.63) is 58.1 Å². The van der Waals surface area contributed by atoms with Crippen LogP contribution in [0.15, 0.2) is 46.9 Å². The maximum absolute atomic E-state index is 12.0. The molecule has 0 aromatic heterocycles. The molecule has 96 valence electrons. The quantitative estimate of drug-likeness (QED) is 0.757. The van der Waals surface area contributed by atoms with Crippen molar-refractivity contribution in [3.8, 4) is 5.75 Å². The second-order valence-electron chi connectivity index (χ2n) is 4.30. The van der Waals surface area contributed by atoms with E-state index in [4.69, 9.17) is 0 Å². The molecule has 1 aliphatic heterocycles. The van der Waals surface area contributed by atoms with Crippen molar-refractivity contribution in [1.29, 1.82) is 0 Å². The van der Waals surface area contributed by atoms with Gasteiger partial charge in [-0.2, -0.15) is 0 Å². The maximum Gasteiger partial charge on any atom is 0.255 e. The molecule has 2 aromatic carbocycles. The Kier molecular flexibility index (Phi) is 2.91. The van der Waals surface area contributed by atoms with Crippen LogP contribution in [0.3, 0.4) is 0 Å². The molecule has 0 unspecified atom stereocenters. The predicted molar refractivity (Wildman–Crippen MR) is 76.1 cm³/mol. The predicted octanol–water partition coefficient (Wildman–Crippen LogP) is 3.01. The van der Waals surface area contributed by atoms with Crippen molar-refractivity contribution < 1.29 is 9.90 Å². The van der Waals surface area contributed by atoms with E-state index in [9.17, 15) is 9.90 Å². The van der Waals surface area contributed by atoms with Gasteiger partial charge in [0.25, 0.3) is 5.91 Å². The zero-order chi connectivity index (χ0) is 13.4. The largest absolute Gasteiger partial charge is 0.508 e. The Balaban J connectivity index is 2.01. The Morgan fingerprint density at radius 1 is 1.11 bits per heavy atom. The van der Waals surface area contributed by atoms with Crippen molar-refractivity contribution >= 4 is 27.5 Å². The Bertz CT molecular complexity index is 658. The summed E-state index contributed by atoms with van der Waals surface area (Å²) in [6, 6.07) is 12.4. The summed E-state index contributed by atoms with van der Waals surface area (Å²) < 4.78 is 0.843. The molecule has 3 rings (SSSR count). The van der Waals surface area contributed by atoms with E-state index >= 15 is 0 Å². The van der Waals surface area contributed by atoms with Crippen LogP contribution < -0.4 is 10.6 Å². The van der Waals surface area contributed by atoms with E-state index in [-0.39, 0.29) is 11.7 Å². The Morgan fingerprint density at radius 3 is 2.74 bits per heavy atom. The van der Waals surface area contributed by atoms with Crippen LogP contribution in [-0.2, 0) is 0 Å². The normalized spacial score (nSPS) is 17.3. The summed E-state index contributed by atoms with van der Waals surface area (Å²) in [6.45, 7) is 0. The number of aromatic hydroxyl groups is 1. The molecule has 0 bridgehead atoms. The molecule has 4 nitrogen and oxygen atoms in total. The standard InChI is InChI=1S/C14H11BrN2O2/c15-8-5-6-12(18)10(7-8)13-16-11-4-2-1-3-9(11)14(19)17-13/h1-7,13,16,18H,(H,17,19)/t13-/m0/s1. The first-order chi connectivity index (χ1) is 9.15. The lowest BCUT2D eigenvalue weighted by atomic mass is 10.1. The SMILES string of the molecule is O=C1N[C@@H](c2cc(Br)ccc2O)Nc2ccccc21. The molecule has 0 spiro atoms. The number of para-hydroxylation sites is 1. The fourth-order valence-corrected chi connectivity index (χ4v) is 2.50. The molecular formula is C14H11BrN2O2. The molecule has 0 saturated heterocycles. The van der Waals surface area contributed by atoms with Gasteiger partial charge >= 0.3 is 0 Å². The molecule has 0 saturated carbocycles. The minimum atomic E-state index is -0.445. The molecule has 1 amide bonds. The molecule has 0 radical (unpaired) electrons. The summed E-state index contributed by atoms with van der Waals surface area (Å²) in [5, 5.41) is 15.9. The third-order valence-corrected chi connectivity index (χ3v) is 3.54. The molecule has 1 atom stereocenters. The molecule has 0 aliphatic carbocycles. The number of fused-ring (bicyclic) bond motifs is 1. The second kappa shape index (κ2) is 4.59. The average molecular weight is 319 g/mol. The number of phenolic OH excluding ortho intramolecular Hbond substituents is 1. The number of carbonyl (C=O) groups is 1. The van der Waals surface area contributed by atoms with Crippen LogP contribution in [0.1, 0.15) is 22.1 Å². The molecule has 19 heavy (non-hydrogen) atoms. The molecule has 5 heteroatoms. The van der Waals surface area contributed by atoms with Gasteiger partial charge in [0.05, 0.1) is 5.56 Å². The lowest BCUT2D eigenvalue weighted by molar-refractivity contribution is 0.0935. The molecule has 0 fully saturated rings. The van der Waals surface area contributed by atoms with Gasteiger partial charge in [-0.3, -0.25) is 4.79 Å². The summed E-state index contributed by atoms with van der Waals surface area (Å²) in [7, 11) is 0. The lowest BCUT2D eigenvalue weighted by Gasteiger charge is -2.28. The molecule has 3 N–H and O–H groups in total. The number of halogens is 1. The zero-order valence-corrected chi connectivity index (χ0v) is 11.4. The first kappa shape index (κ1) is 12.0. The van der Waals surface area contributed by atoms with Crippen molar-refractivity contribution in [2.45, 2.75) is 6.17 Å². The van der Waals surface area contributed by atoms with E-state index in [2.05, 4.69) is 26.6 Å². The number of benzene rings is 2. The van der Waals surface area contributed by atoms with Crippen molar-refractivity contribution in [2.75, 3.05) is 5.32 Å². The number of hydrogen-bond acceptors (Lipinski definition) is 3. The number of nitrogens with one attached hydrogen (secondary N) is 2. The minimum absolute atomic E-state index is 0.139. The molecular weight excluding hydrogens is 308 g/mol. The Morgan fingerprint density at radius 2 is 1.89 bits per heavy atom. The highest BCUT2D eigenvalue weighted by atomic mass is 79.9. The number of rotatable bonds is 1. The van der Waals surface area contributed by atoms with Gasteiger partial charge in [-0.05, 0) is 30.3 Å². The zero-order valence-electron chi connectivity index (χ0n) is 9.85. The van der Waals surface area contributed by atoms with Gasteiger partial charge in [0.1, 0.15) is 11.9 Å². The Labute approximate surface area is 118 Å². The number of amides is 1. The van der Waals surface area contributed by atoms with E-state index in [1.54, 1.807) is 24.3 Å². The van der Waals surface area contributed by atoms with E-state index in [0.717, 1.165) is 10.2 Å². The Hall–Kier alpha value is -2.01. The van der Waals surface area contributed by atoms with Crippen LogP contribution in [0.4, 0.5) is 5.69 Å². The van der Waals surface area contributed by atoms with Gasteiger partial charge in [-0.25, -0.2) is 0 Å². The maximum atomic E-state index is 12.0. The summed E-state index contributed by atoms with van der Waals surface area (Å²) in [6.07, 6.45) is -0.445. The van der Waals surface area contributed by atoms with Gasteiger partial charge in [0.15, 0.2) is 0 Å². The first-order valence-corrected chi connectivity index (χ1v) is 6.59. The highest BCUT2D eigenvalue weighted by Gasteiger charge is 2.25. The molecule has 1 aliphatic rings. The minimum Gasteiger partial charge on any atom is -0.508 e. The van der Waals surface area contributed by atoms with Crippen molar-refractivity contribution in [3.63, 3.8) is 0 Å². The summed E-state index contributed by atoms with van der Waals surface area (Å²) >= 11 is 3.36. The van der Waals surface area contributed by atoms with Gasteiger partial charge in [0, 0.05) is 15.7 Å². The number of phenols is 1. The topological polar surface area (TPSA) is 61.4 Å². The number of carbonyl (C=O) groups excluding carboxylic acids is 1. The van der Waals surface area contributed by atoms with Gasteiger partial charge in [-0.1, -0.05) is 28.1 Å². The highest BCUT2D eigenvalue weighted by molar-refractivity contribution is 9.10. The second-order valence-corrected chi connectivity index (χ2v) is 5.22. The summed E-state index contributed by atoms with van der Waals surface area (Å²) in [5.41, 5.74) is 1.99. The highest BCUT2D eigenvalue weighted by Crippen LogP contribution is 2.32. The van der Waals surface area contributed by atoms with Crippen molar-refractivity contribution in [1.82, 2.24) is 5.32 Å². The smallest absolute Gasteiger partial charge is 0.255 e. The van der Waals surface area contributed by atoms with Crippen LogP contribution in [0, 0.1) is 0 Å². The fraction of sp³-hybridized carbons (Fsp3) is 0.0714. The van der Waals surface area contributed by atoms with E-state index in [0.29, 0.717) is 11.1 Å². The van der Waals surface area contributed by atoms with Crippen LogP contribution >= 0.6 is 15.9 Å². The van der Waals surface area contributed by atoms with E-state index in [1.807, 2.05) is 18.2 Å². The summed E-state index contributed by atoms with van der Waals surface area (Å²) in [5.74, 6) is -0.0147. The lowest BCUT2D eigenvalue weighted by Crippen LogP contribution is -2.38. The monoisotopic (exact) mass is 318 g/mol. The van der Waals surface area contributed by atoms with Crippen LogP contribution in [0.2, 0.25) is 0 Å². The average Bonchev–Trinajstić information content (AvgIpc) is 2.41. The van der Waals surface area contributed by atoms with Gasteiger partial charge in [0.2, 0.25) is 0 Å². The van der Waals surface area contributed by atoms with Gasteiger partial charge in [-0.15, -0.1) is 0 Å². The fourth-order valence-electron chi connectivity index (χ4n) is 2.12. The number of anilines is 1. The third-order valence-electron chi connectivity index (χ3n) is 3.05. The van der Waals surface area contributed by atoms with Crippen LogP contribution in [-0.4, -0.2) is 11.0 Å². The first-order valence-electron chi connectivity index (χ1n) is 5.80.